The molecule has 0 unspecified atom stereocenters. The van der Waals surface area contributed by atoms with Gasteiger partial charge in [0.1, 0.15) is 0 Å². The molecule has 21 heavy (non-hydrogen) atoms. The van der Waals surface area contributed by atoms with E-state index in [2.05, 4.69) is 21.0 Å². The second-order valence-electron chi connectivity index (χ2n) is 7.31. The van der Waals surface area contributed by atoms with Crippen LogP contribution in [-0.4, -0.2) is 37.5 Å². The predicted molar refractivity (Wildman–Crippen MR) is 98.3 cm³/mol. The van der Waals surface area contributed by atoms with E-state index in [-0.39, 0.29) is 0 Å². The fourth-order valence-electron chi connectivity index (χ4n) is 2.95. The Hall–Kier alpha value is 0.250. The molecule has 1 nitrogen and oxygen atoms in total. The number of quaternary nitrogens is 1. The molecule has 2 heteroatoms. The van der Waals surface area contributed by atoms with Crippen LogP contribution in [0.1, 0.15) is 90.4 Å². The van der Waals surface area contributed by atoms with Gasteiger partial charge >= 0.3 is 0 Å². The largest absolute Gasteiger partial charge is 0.328 e. The lowest BCUT2D eigenvalue weighted by Gasteiger charge is -2.29. The van der Waals surface area contributed by atoms with Crippen molar-refractivity contribution < 1.29 is 4.48 Å². The lowest BCUT2D eigenvalue weighted by Crippen LogP contribution is -2.41. The molecule has 0 fully saturated rings. The van der Waals surface area contributed by atoms with Crippen molar-refractivity contribution in [2.75, 3.05) is 33.1 Å². The molecule has 0 aliphatic rings. The highest BCUT2D eigenvalue weighted by Gasteiger charge is 2.13. The first-order valence-corrected chi connectivity index (χ1v) is 10.0. The van der Waals surface area contributed by atoms with Crippen molar-refractivity contribution in [3.8, 4) is 0 Å². The lowest BCUT2D eigenvalue weighted by atomic mass is 10.1. The van der Waals surface area contributed by atoms with Crippen molar-refractivity contribution in [2.24, 2.45) is 0 Å². The summed E-state index contributed by atoms with van der Waals surface area (Å²) in [4.78, 5) is 0. The first-order chi connectivity index (χ1) is 10.1. The van der Waals surface area contributed by atoms with Gasteiger partial charge in [0.15, 0.2) is 0 Å². The van der Waals surface area contributed by atoms with Crippen LogP contribution in [0.3, 0.4) is 0 Å². The summed E-state index contributed by atoms with van der Waals surface area (Å²) in [5, 5.41) is 0. The van der Waals surface area contributed by atoms with Gasteiger partial charge in [0.05, 0.1) is 27.2 Å². The minimum Gasteiger partial charge on any atom is -0.328 e. The van der Waals surface area contributed by atoms with Crippen molar-refractivity contribution in [1.82, 2.24) is 0 Å². The van der Waals surface area contributed by atoms with Crippen molar-refractivity contribution in [3.63, 3.8) is 0 Å². The average Bonchev–Trinajstić information content (AvgIpc) is 2.45. The summed E-state index contributed by atoms with van der Waals surface area (Å²) in [5.74, 6) is 0.818. The highest BCUT2D eigenvalue weighted by Crippen LogP contribution is 2.12. The maximum Gasteiger partial charge on any atom is 0.0782 e. The lowest BCUT2D eigenvalue weighted by molar-refractivity contribution is -0.890. The van der Waals surface area contributed by atoms with Crippen LogP contribution in [0, 0.1) is 0 Å². The summed E-state index contributed by atoms with van der Waals surface area (Å²) < 4.78 is 1.17. The fourth-order valence-corrected chi connectivity index (χ4v) is 3.14. The second-order valence-corrected chi connectivity index (χ2v) is 7.69. The topological polar surface area (TPSA) is 0 Å². The molecular formula is C19H41ClN+. The third-order valence-electron chi connectivity index (χ3n) is 4.51. The van der Waals surface area contributed by atoms with E-state index in [1.54, 1.807) is 0 Å². The predicted octanol–water partition coefficient (Wildman–Crippen LogP) is 6.39. The highest BCUT2D eigenvalue weighted by atomic mass is 35.5. The Morgan fingerprint density at radius 2 is 0.952 bits per heavy atom. The number of halogens is 1. The number of rotatable bonds is 16. The van der Waals surface area contributed by atoms with E-state index in [0.29, 0.717) is 0 Å². The Morgan fingerprint density at radius 1 is 0.571 bits per heavy atom. The molecule has 0 rings (SSSR count). The zero-order chi connectivity index (χ0) is 15.8. The second kappa shape index (κ2) is 15.2. The van der Waals surface area contributed by atoms with Crippen LogP contribution in [0.4, 0.5) is 0 Å². The van der Waals surface area contributed by atoms with Crippen molar-refractivity contribution in [3.05, 3.63) is 0 Å². The van der Waals surface area contributed by atoms with E-state index in [1.807, 2.05) is 0 Å². The molecule has 0 saturated carbocycles. The molecule has 0 radical (unpaired) electrons. The van der Waals surface area contributed by atoms with E-state index in [0.717, 1.165) is 5.88 Å². The van der Waals surface area contributed by atoms with Gasteiger partial charge in [-0.1, -0.05) is 64.7 Å². The molecule has 128 valence electrons. The molecule has 0 aromatic carbocycles. The molecule has 0 aliphatic carbocycles. The minimum absolute atomic E-state index is 0.818. The van der Waals surface area contributed by atoms with Crippen LogP contribution in [-0.2, 0) is 0 Å². The average molecular weight is 319 g/mol. The fraction of sp³-hybridized carbons (Fsp3) is 1.00. The molecule has 0 aromatic heterocycles. The van der Waals surface area contributed by atoms with Crippen LogP contribution < -0.4 is 0 Å². The summed E-state index contributed by atoms with van der Waals surface area (Å²) >= 11 is 5.75. The Morgan fingerprint density at radius 3 is 1.38 bits per heavy atom. The number of unbranched alkanes of at least 4 members (excludes halogenated alkanes) is 11. The summed E-state index contributed by atoms with van der Waals surface area (Å²) in [5.41, 5.74) is 0. The van der Waals surface area contributed by atoms with Crippen molar-refractivity contribution in [1.29, 1.82) is 0 Å². The van der Waals surface area contributed by atoms with Gasteiger partial charge < -0.3 is 4.48 Å². The molecule has 0 aliphatic heterocycles. The number of hydrogen-bond donors (Lipinski definition) is 0. The Labute approximate surface area is 140 Å². The molecule has 0 N–H and O–H groups in total. The molecule has 0 atom stereocenters. The first kappa shape index (κ1) is 21.2. The molecule has 0 amide bonds. The van der Waals surface area contributed by atoms with Gasteiger partial charge in [-0.15, -0.1) is 11.6 Å². The third kappa shape index (κ3) is 16.4. The molecule has 0 heterocycles. The molecule has 0 aromatic rings. The van der Waals surface area contributed by atoms with Gasteiger partial charge in [-0.05, 0) is 25.7 Å². The van der Waals surface area contributed by atoms with Gasteiger partial charge in [-0.25, -0.2) is 0 Å². The van der Waals surface area contributed by atoms with Gasteiger partial charge in [0, 0.05) is 5.88 Å². The third-order valence-corrected chi connectivity index (χ3v) is 4.78. The summed E-state index contributed by atoms with van der Waals surface area (Å²) in [6.45, 7) is 4.90. The maximum atomic E-state index is 5.75. The zero-order valence-electron chi connectivity index (χ0n) is 15.1. The van der Waals surface area contributed by atoms with E-state index < -0.39 is 0 Å². The van der Waals surface area contributed by atoms with Crippen LogP contribution in [0.15, 0.2) is 0 Å². The molecule has 0 bridgehead atoms. The highest BCUT2D eigenvalue weighted by molar-refractivity contribution is 6.17. The van der Waals surface area contributed by atoms with Crippen molar-refractivity contribution >= 4 is 11.6 Å². The number of nitrogens with zero attached hydrogens (tertiary/aromatic N) is 1. The summed E-state index contributed by atoms with van der Waals surface area (Å²) in [6.07, 6.45) is 18.2. The summed E-state index contributed by atoms with van der Waals surface area (Å²) in [6, 6.07) is 0. The molecule has 0 saturated heterocycles. The Balaban J connectivity index is 3.23. The van der Waals surface area contributed by atoms with Crippen LogP contribution >= 0.6 is 11.6 Å². The van der Waals surface area contributed by atoms with Gasteiger partial charge in [0.25, 0.3) is 0 Å². The smallest absolute Gasteiger partial charge is 0.0782 e. The van der Waals surface area contributed by atoms with Gasteiger partial charge in [0.2, 0.25) is 0 Å². The van der Waals surface area contributed by atoms with Crippen LogP contribution in [0.5, 0.6) is 0 Å². The van der Waals surface area contributed by atoms with E-state index in [1.165, 1.54) is 101 Å². The minimum atomic E-state index is 0.818. The zero-order valence-corrected chi connectivity index (χ0v) is 15.9. The SMILES string of the molecule is CCCCCCCCCCCCC[N+](C)(C)CCCCCl. The normalized spacial score (nSPS) is 12.0. The quantitative estimate of drug-likeness (QED) is 0.176. The van der Waals surface area contributed by atoms with Crippen LogP contribution in [0.25, 0.3) is 0 Å². The van der Waals surface area contributed by atoms with Gasteiger partial charge in [-0.3, -0.25) is 0 Å². The van der Waals surface area contributed by atoms with Gasteiger partial charge in [-0.2, -0.15) is 0 Å². The monoisotopic (exact) mass is 318 g/mol. The molecular weight excluding hydrogens is 278 g/mol. The number of alkyl halides is 1. The first-order valence-electron chi connectivity index (χ1n) is 9.50. The van der Waals surface area contributed by atoms with E-state index in [9.17, 15) is 0 Å². The maximum absolute atomic E-state index is 5.75. The number of hydrogen-bond acceptors (Lipinski definition) is 0. The van der Waals surface area contributed by atoms with Crippen molar-refractivity contribution in [2.45, 2.75) is 90.4 Å². The standard InChI is InChI=1S/C19H41ClN/c1-4-5-6-7-8-9-10-11-12-13-15-18-21(2,3)19-16-14-17-20/h4-19H2,1-3H3/q+1. The Kier molecular flexibility index (Phi) is 15.3. The van der Waals surface area contributed by atoms with E-state index >= 15 is 0 Å². The van der Waals surface area contributed by atoms with E-state index in [4.69, 9.17) is 11.6 Å². The Bertz CT molecular complexity index is 204. The molecule has 0 spiro atoms. The summed E-state index contributed by atoms with van der Waals surface area (Å²) in [7, 11) is 4.73. The van der Waals surface area contributed by atoms with Crippen LogP contribution in [0.2, 0.25) is 0 Å².